The summed E-state index contributed by atoms with van der Waals surface area (Å²) in [6.45, 7) is 5.75. The molecule has 1 saturated carbocycles. The predicted molar refractivity (Wildman–Crippen MR) is 94.5 cm³/mol. The van der Waals surface area contributed by atoms with E-state index in [-0.39, 0.29) is 17.9 Å². The normalized spacial score (nSPS) is 17.1. The van der Waals surface area contributed by atoms with Gasteiger partial charge >= 0.3 is 0 Å². The number of hydroxylamine groups is 3. The molecule has 5 heteroatoms. The van der Waals surface area contributed by atoms with Crippen LogP contribution in [0.25, 0.3) is 0 Å². The molecule has 0 aromatic carbocycles. The number of hydrogen-bond donors (Lipinski definition) is 2. The Hall–Kier alpha value is -0.910. The highest BCUT2D eigenvalue weighted by Crippen LogP contribution is 2.26. The average Bonchev–Trinajstić information content (AvgIpc) is 3.30. The maximum Gasteiger partial charge on any atom is 0.224 e. The van der Waals surface area contributed by atoms with Crippen LogP contribution in [0.3, 0.4) is 0 Å². The molecule has 3 N–H and O–H groups in total. The third-order valence-corrected chi connectivity index (χ3v) is 4.73. The van der Waals surface area contributed by atoms with E-state index in [4.69, 9.17) is 10.6 Å². The maximum absolute atomic E-state index is 12.5. The number of nitrogens with zero attached hydrogens (tertiary/aromatic N) is 1. The molecule has 0 aromatic heterocycles. The Kier molecular flexibility index (Phi) is 8.23. The van der Waals surface area contributed by atoms with E-state index in [9.17, 15) is 4.79 Å². The smallest absolute Gasteiger partial charge is 0.224 e. The van der Waals surface area contributed by atoms with Gasteiger partial charge in [0.25, 0.3) is 0 Å². The fourth-order valence-electron chi connectivity index (χ4n) is 2.61. The third kappa shape index (κ3) is 7.95. The van der Waals surface area contributed by atoms with E-state index in [2.05, 4.69) is 25.2 Å². The van der Waals surface area contributed by atoms with Crippen LogP contribution in [0.1, 0.15) is 46.0 Å². The molecule has 134 valence electrons. The molecule has 1 unspecified atom stereocenters. The molecule has 23 heavy (non-hydrogen) atoms. The second-order valence-corrected chi connectivity index (χ2v) is 7.51. The Balaban J connectivity index is 2.44. The van der Waals surface area contributed by atoms with Gasteiger partial charge in [0.1, 0.15) is 6.54 Å². The number of nitrogens with one attached hydrogen (secondary N) is 1. The summed E-state index contributed by atoms with van der Waals surface area (Å²) in [7, 11) is 5.80. The summed E-state index contributed by atoms with van der Waals surface area (Å²) < 4.78 is 0.542. The number of allylic oxidation sites excluding steroid dienone is 1. The zero-order chi connectivity index (χ0) is 17.5. The molecule has 0 spiro atoms. The number of rotatable bonds is 11. The van der Waals surface area contributed by atoms with Crippen molar-refractivity contribution in [3.8, 4) is 0 Å². The van der Waals surface area contributed by atoms with Gasteiger partial charge in [0, 0.05) is 12.6 Å². The van der Waals surface area contributed by atoms with Crippen molar-refractivity contribution >= 4 is 5.91 Å². The summed E-state index contributed by atoms with van der Waals surface area (Å²) >= 11 is 0. The van der Waals surface area contributed by atoms with Gasteiger partial charge in [-0.15, -0.1) is 0 Å². The van der Waals surface area contributed by atoms with Gasteiger partial charge in [-0.05, 0) is 38.0 Å². The highest BCUT2D eigenvalue weighted by molar-refractivity contribution is 5.79. The molecule has 0 bridgehead atoms. The van der Waals surface area contributed by atoms with Crippen LogP contribution in [0.15, 0.2) is 11.6 Å². The van der Waals surface area contributed by atoms with Crippen LogP contribution < -0.4 is 11.1 Å². The maximum atomic E-state index is 12.5. The minimum Gasteiger partial charge on any atom is -0.352 e. The van der Waals surface area contributed by atoms with Gasteiger partial charge in [0.15, 0.2) is 0 Å². The van der Waals surface area contributed by atoms with Crippen LogP contribution >= 0.6 is 0 Å². The summed E-state index contributed by atoms with van der Waals surface area (Å²) in [5, 5.41) is 3.03. The first kappa shape index (κ1) is 20.1. The zero-order valence-electron chi connectivity index (χ0n) is 15.6. The fraction of sp³-hybridized carbons (Fsp3) is 0.833. The van der Waals surface area contributed by atoms with Crippen LogP contribution in [0.5, 0.6) is 0 Å². The largest absolute Gasteiger partial charge is 0.352 e. The molecule has 1 rings (SSSR count). The lowest BCUT2D eigenvalue weighted by Gasteiger charge is -2.27. The summed E-state index contributed by atoms with van der Waals surface area (Å²) in [5.74, 6) is 0.300. The van der Waals surface area contributed by atoms with E-state index in [1.54, 1.807) is 7.11 Å². The predicted octanol–water partition coefficient (Wildman–Crippen LogP) is 2.23. The molecule has 0 aromatic rings. The summed E-state index contributed by atoms with van der Waals surface area (Å²) in [4.78, 5) is 17.9. The monoisotopic (exact) mass is 326 g/mol. The molecule has 1 aliphatic rings. The fourth-order valence-corrected chi connectivity index (χ4v) is 2.61. The standard InChI is InChI=1S/C18H35N3O2/c1-14(2)17(19)16(8-6-7-13-21(3,4)23-5)18(22)20-12-11-15-9-10-15/h11,14,16-17H,6-10,12-13,19H2,1-5H3/p+1/t16-,17?/m1/s1. The minimum absolute atomic E-state index is 0.0893. The van der Waals surface area contributed by atoms with E-state index in [0.717, 1.165) is 25.8 Å². The number of carbonyl (C=O) groups excluding carboxylic acids is 1. The highest BCUT2D eigenvalue weighted by atomic mass is 16.7. The quantitative estimate of drug-likeness (QED) is 0.265. The Bertz CT molecular complexity index is 399. The molecule has 1 aliphatic carbocycles. The molecule has 0 saturated heterocycles. The van der Waals surface area contributed by atoms with E-state index < -0.39 is 0 Å². The SMILES string of the molecule is CO[N+](C)(C)CCCC[C@@H](C(=O)NCC=C1CC1)C(N)C(C)C. The summed E-state index contributed by atoms with van der Waals surface area (Å²) in [5.41, 5.74) is 7.75. The van der Waals surface area contributed by atoms with Gasteiger partial charge in [-0.2, -0.15) is 4.65 Å². The van der Waals surface area contributed by atoms with Gasteiger partial charge in [-0.3, -0.25) is 4.79 Å². The van der Waals surface area contributed by atoms with E-state index in [1.807, 2.05) is 14.1 Å². The number of carbonyl (C=O) groups is 1. The Morgan fingerprint density at radius 2 is 2.00 bits per heavy atom. The molecule has 0 radical (unpaired) electrons. The van der Waals surface area contributed by atoms with Gasteiger partial charge < -0.3 is 11.1 Å². The lowest BCUT2D eigenvalue weighted by molar-refractivity contribution is -1.07. The average molecular weight is 327 g/mol. The minimum atomic E-state index is -0.106. The lowest BCUT2D eigenvalue weighted by atomic mass is 9.86. The number of hydrogen-bond acceptors (Lipinski definition) is 3. The first-order valence-electron chi connectivity index (χ1n) is 8.86. The summed E-state index contributed by atoms with van der Waals surface area (Å²) in [6, 6.07) is -0.0893. The van der Waals surface area contributed by atoms with Gasteiger partial charge in [0.05, 0.1) is 27.1 Å². The van der Waals surface area contributed by atoms with Crippen molar-refractivity contribution in [2.75, 3.05) is 34.3 Å². The molecule has 5 nitrogen and oxygen atoms in total. The zero-order valence-corrected chi connectivity index (χ0v) is 15.6. The number of unbranched alkanes of at least 4 members (excludes halogenated alkanes) is 1. The van der Waals surface area contributed by atoms with Gasteiger partial charge in [0.2, 0.25) is 5.91 Å². The number of quaternary nitrogens is 1. The molecule has 0 heterocycles. The van der Waals surface area contributed by atoms with Crippen molar-refractivity contribution in [1.29, 1.82) is 0 Å². The van der Waals surface area contributed by atoms with Crippen molar-refractivity contribution in [3.63, 3.8) is 0 Å². The van der Waals surface area contributed by atoms with Crippen molar-refractivity contribution in [3.05, 3.63) is 11.6 Å². The molecule has 0 aliphatic heterocycles. The topological polar surface area (TPSA) is 64.3 Å². The van der Waals surface area contributed by atoms with Crippen molar-refractivity contribution in [1.82, 2.24) is 5.32 Å². The summed E-state index contributed by atoms with van der Waals surface area (Å²) in [6.07, 6.45) is 7.38. The Morgan fingerprint density at radius 3 is 2.52 bits per heavy atom. The Morgan fingerprint density at radius 1 is 1.35 bits per heavy atom. The van der Waals surface area contributed by atoms with Crippen LogP contribution in [0.4, 0.5) is 0 Å². The van der Waals surface area contributed by atoms with Crippen LogP contribution in [-0.4, -0.2) is 50.9 Å². The van der Waals surface area contributed by atoms with Crippen LogP contribution in [-0.2, 0) is 9.63 Å². The lowest BCUT2D eigenvalue weighted by Crippen LogP contribution is -2.45. The third-order valence-electron chi connectivity index (χ3n) is 4.73. The van der Waals surface area contributed by atoms with E-state index in [0.29, 0.717) is 17.1 Å². The van der Waals surface area contributed by atoms with Crippen molar-refractivity contribution in [2.24, 2.45) is 17.6 Å². The second kappa shape index (κ2) is 9.40. The van der Waals surface area contributed by atoms with Gasteiger partial charge in [-0.25, -0.2) is 4.84 Å². The van der Waals surface area contributed by atoms with Crippen molar-refractivity contribution in [2.45, 2.75) is 52.0 Å². The van der Waals surface area contributed by atoms with Crippen molar-refractivity contribution < 1.29 is 14.3 Å². The Labute approximate surface area is 141 Å². The molecule has 1 fully saturated rings. The molecule has 2 atom stereocenters. The number of amides is 1. The molecular formula is C18H36N3O2+. The van der Waals surface area contributed by atoms with Gasteiger partial charge in [-0.1, -0.05) is 25.5 Å². The van der Waals surface area contributed by atoms with E-state index in [1.165, 1.54) is 18.4 Å². The first-order chi connectivity index (χ1) is 10.8. The highest BCUT2D eigenvalue weighted by Gasteiger charge is 2.27. The first-order valence-corrected chi connectivity index (χ1v) is 8.86. The number of nitrogens with two attached hydrogens (primary N) is 1. The second-order valence-electron chi connectivity index (χ2n) is 7.51. The van der Waals surface area contributed by atoms with Crippen LogP contribution in [0.2, 0.25) is 0 Å². The van der Waals surface area contributed by atoms with Crippen LogP contribution in [0, 0.1) is 11.8 Å². The molecular weight excluding hydrogens is 290 g/mol. The van der Waals surface area contributed by atoms with E-state index >= 15 is 0 Å². The molecule has 1 amide bonds.